The van der Waals surface area contributed by atoms with Gasteiger partial charge in [-0.3, -0.25) is 4.79 Å². The van der Waals surface area contributed by atoms with E-state index in [9.17, 15) is 20.1 Å². The minimum Gasteiger partial charge on any atom is -0.463 e. The summed E-state index contributed by atoms with van der Waals surface area (Å²) >= 11 is 0. The van der Waals surface area contributed by atoms with Crippen molar-refractivity contribution in [2.75, 3.05) is 12.3 Å². The summed E-state index contributed by atoms with van der Waals surface area (Å²) < 4.78 is 16.2. The number of ether oxygens (including phenoxy) is 3. The molecule has 5 N–H and O–H groups in total. The molecule has 158 valence electrons. The Morgan fingerprint density at radius 1 is 1.04 bits per heavy atom. The zero-order valence-electron chi connectivity index (χ0n) is 16.2. The molecule has 5 atom stereocenters. The highest BCUT2D eigenvalue weighted by Crippen LogP contribution is 2.25. The third kappa shape index (κ3) is 6.63. The van der Waals surface area contributed by atoms with Crippen LogP contribution in [0.5, 0.6) is 5.75 Å². The first kappa shape index (κ1) is 22.4. The molecule has 0 bridgehead atoms. The van der Waals surface area contributed by atoms with Crippen molar-refractivity contribution in [1.29, 1.82) is 0 Å². The summed E-state index contributed by atoms with van der Waals surface area (Å²) in [5.41, 5.74) is 6.17. The average molecular weight is 397 g/mol. The SMILES string of the molecule is CCCCCCCC(=O)OC[C@H]1OC(Oc2ccc(N)cc2)[C@H](O)[C@@H](O)[C@@H]1O. The van der Waals surface area contributed by atoms with Crippen LogP contribution in [0.3, 0.4) is 0 Å². The smallest absolute Gasteiger partial charge is 0.305 e. The second-order valence-corrected chi connectivity index (χ2v) is 7.05. The minimum absolute atomic E-state index is 0.236. The van der Waals surface area contributed by atoms with Crippen molar-refractivity contribution in [3.63, 3.8) is 0 Å². The molecule has 0 spiro atoms. The lowest BCUT2D eigenvalue weighted by atomic mass is 9.99. The number of anilines is 1. The van der Waals surface area contributed by atoms with Crippen LogP contribution < -0.4 is 10.5 Å². The van der Waals surface area contributed by atoms with Crippen LogP contribution in [0.1, 0.15) is 45.4 Å². The molecule has 8 heteroatoms. The fourth-order valence-corrected chi connectivity index (χ4v) is 2.95. The van der Waals surface area contributed by atoms with E-state index >= 15 is 0 Å². The monoisotopic (exact) mass is 397 g/mol. The van der Waals surface area contributed by atoms with Gasteiger partial charge in [-0.05, 0) is 30.7 Å². The summed E-state index contributed by atoms with van der Waals surface area (Å²) in [4.78, 5) is 11.9. The highest BCUT2D eigenvalue weighted by Gasteiger charge is 2.45. The van der Waals surface area contributed by atoms with Crippen LogP contribution >= 0.6 is 0 Å². The summed E-state index contributed by atoms with van der Waals surface area (Å²) in [5.74, 6) is -0.00595. The maximum atomic E-state index is 11.9. The molecule has 1 unspecified atom stereocenters. The maximum absolute atomic E-state index is 11.9. The van der Waals surface area contributed by atoms with Gasteiger partial charge in [0.25, 0.3) is 0 Å². The van der Waals surface area contributed by atoms with E-state index in [-0.39, 0.29) is 12.6 Å². The van der Waals surface area contributed by atoms with E-state index in [1.165, 1.54) is 0 Å². The highest BCUT2D eigenvalue weighted by atomic mass is 16.7. The Labute approximate surface area is 165 Å². The lowest BCUT2D eigenvalue weighted by molar-refractivity contribution is -0.278. The number of carbonyl (C=O) groups excluding carboxylic acids is 1. The van der Waals surface area contributed by atoms with Gasteiger partial charge in [0.15, 0.2) is 0 Å². The Hall–Kier alpha value is -1.87. The third-order valence-corrected chi connectivity index (χ3v) is 4.69. The van der Waals surface area contributed by atoms with Crippen LogP contribution in [0.4, 0.5) is 5.69 Å². The number of rotatable bonds is 10. The first-order valence-electron chi connectivity index (χ1n) is 9.80. The Morgan fingerprint density at radius 2 is 1.71 bits per heavy atom. The lowest BCUT2D eigenvalue weighted by Gasteiger charge is -2.39. The van der Waals surface area contributed by atoms with Crippen molar-refractivity contribution >= 4 is 11.7 Å². The van der Waals surface area contributed by atoms with E-state index in [1.807, 2.05) is 0 Å². The topological polar surface area (TPSA) is 131 Å². The molecular formula is C20H31NO7. The summed E-state index contributed by atoms with van der Waals surface area (Å²) in [5, 5.41) is 30.3. The molecule has 1 aromatic carbocycles. The van der Waals surface area contributed by atoms with E-state index in [0.29, 0.717) is 17.9 Å². The Morgan fingerprint density at radius 3 is 2.39 bits per heavy atom. The van der Waals surface area contributed by atoms with Gasteiger partial charge < -0.3 is 35.3 Å². The summed E-state index contributed by atoms with van der Waals surface area (Å²) in [6.45, 7) is 1.89. The number of hydrogen-bond acceptors (Lipinski definition) is 8. The van der Waals surface area contributed by atoms with Crippen molar-refractivity contribution < 1.29 is 34.3 Å². The third-order valence-electron chi connectivity index (χ3n) is 4.69. The number of carbonyl (C=O) groups is 1. The summed E-state index contributed by atoms with van der Waals surface area (Å²) in [6.07, 6.45) is -1.22. The Balaban J connectivity index is 1.83. The van der Waals surface area contributed by atoms with Gasteiger partial charge in [-0.2, -0.15) is 0 Å². The zero-order chi connectivity index (χ0) is 20.5. The van der Waals surface area contributed by atoms with Gasteiger partial charge in [-0.25, -0.2) is 0 Å². The van der Waals surface area contributed by atoms with E-state index in [4.69, 9.17) is 19.9 Å². The largest absolute Gasteiger partial charge is 0.463 e. The number of unbranched alkanes of at least 4 members (excludes halogenated alkanes) is 4. The number of hydrogen-bond donors (Lipinski definition) is 4. The first-order chi connectivity index (χ1) is 13.4. The molecule has 1 aliphatic heterocycles. The Bertz CT molecular complexity index is 595. The van der Waals surface area contributed by atoms with Crippen molar-refractivity contribution in [2.45, 2.75) is 76.2 Å². The fourth-order valence-electron chi connectivity index (χ4n) is 2.95. The number of nitrogen functional groups attached to an aromatic ring is 1. The Kier molecular flexibility index (Phi) is 8.98. The summed E-state index contributed by atoms with van der Waals surface area (Å²) in [7, 11) is 0. The van der Waals surface area contributed by atoms with Gasteiger partial charge in [-0.15, -0.1) is 0 Å². The fraction of sp³-hybridized carbons (Fsp3) is 0.650. The van der Waals surface area contributed by atoms with Crippen LogP contribution in [0, 0.1) is 0 Å². The molecule has 0 saturated carbocycles. The van der Waals surface area contributed by atoms with Gasteiger partial charge in [0.1, 0.15) is 36.8 Å². The quantitative estimate of drug-likeness (QED) is 0.264. The number of benzene rings is 1. The zero-order valence-corrected chi connectivity index (χ0v) is 16.2. The maximum Gasteiger partial charge on any atom is 0.305 e. The molecule has 28 heavy (non-hydrogen) atoms. The molecule has 0 radical (unpaired) electrons. The van der Waals surface area contributed by atoms with E-state index in [2.05, 4.69) is 6.92 Å². The van der Waals surface area contributed by atoms with Crippen LogP contribution in [-0.4, -0.2) is 58.6 Å². The molecule has 0 aromatic heterocycles. The van der Waals surface area contributed by atoms with Gasteiger partial charge in [-0.1, -0.05) is 32.6 Å². The van der Waals surface area contributed by atoms with Crippen molar-refractivity contribution in [3.05, 3.63) is 24.3 Å². The molecule has 1 aromatic rings. The molecule has 1 aliphatic rings. The van der Waals surface area contributed by atoms with Crippen molar-refractivity contribution in [1.82, 2.24) is 0 Å². The number of aliphatic hydroxyl groups excluding tert-OH is 3. The summed E-state index contributed by atoms with van der Waals surface area (Å²) in [6, 6.07) is 6.43. The van der Waals surface area contributed by atoms with Gasteiger partial charge in [0, 0.05) is 12.1 Å². The molecule has 1 saturated heterocycles. The number of esters is 1. The van der Waals surface area contributed by atoms with E-state index < -0.39 is 30.7 Å². The van der Waals surface area contributed by atoms with E-state index in [1.54, 1.807) is 24.3 Å². The van der Waals surface area contributed by atoms with E-state index in [0.717, 1.165) is 32.1 Å². The van der Waals surface area contributed by atoms with Crippen molar-refractivity contribution in [2.24, 2.45) is 0 Å². The average Bonchev–Trinajstić information content (AvgIpc) is 2.69. The first-order valence-corrected chi connectivity index (χ1v) is 9.80. The molecule has 1 fully saturated rings. The van der Waals surface area contributed by atoms with Crippen LogP contribution in [0.25, 0.3) is 0 Å². The molecule has 1 heterocycles. The van der Waals surface area contributed by atoms with Gasteiger partial charge >= 0.3 is 5.97 Å². The number of nitrogens with two attached hydrogens (primary N) is 1. The molecule has 8 nitrogen and oxygen atoms in total. The second kappa shape index (κ2) is 11.2. The molecule has 2 rings (SSSR count). The minimum atomic E-state index is -1.50. The highest BCUT2D eigenvalue weighted by molar-refractivity contribution is 5.69. The molecule has 0 amide bonds. The lowest BCUT2D eigenvalue weighted by Crippen LogP contribution is -2.60. The predicted octanol–water partition coefficient (Wildman–Crippen LogP) is 1.36. The van der Waals surface area contributed by atoms with Crippen LogP contribution in [-0.2, 0) is 14.3 Å². The number of aliphatic hydroxyl groups is 3. The van der Waals surface area contributed by atoms with Crippen LogP contribution in [0.15, 0.2) is 24.3 Å². The van der Waals surface area contributed by atoms with Crippen molar-refractivity contribution in [3.8, 4) is 5.75 Å². The standard InChI is InChI=1S/C20H31NO7/c1-2-3-4-5-6-7-16(22)26-12-15-17(23)18(24)19(25)20(28-15)27-14-10-8-13(21)9-11-14/h8-11,15,17-20,23-25H,2-7,12,21H2,1H3/t15-,17-,18+,19-,20?/m1/s1. The van der Waals surface area contributed by atoms with Gasteiger partial charge in [0.2, 0.25) is 6.29 Å². The predicted molar refractivity (Wildman–Crippen MR) is 102 cm³/mol. The second-order valence-electron chi connectivity index (χ2n) is 7.05. The molecular weight excluding hydrogens is 366 g/mol. The van der Waals surface area contributed by atoms with Crippen LogP contribution in [0.2, 0.25) is 0 Å². The normalized spacial score (nSPS) is 27.4. The van der Waals surface area contributed by atoms with Gasteiger partial charge in [0.05, 0.1) is 0 Å². The molecule has 0 aliphatic carbocycles.